The van der Waals surface area contributed by atoms with Gasteiger partial charge in [0.2, 0.25) is 11.8 Å². The van der Waals surface area contributed by atoms with Gasteiger partial charge in [-0.05, 0) is 30.0 Å². The molecule has 8 heteroatoms. The zero-order valence-electron chi connectivity index (χ0n) is 12.7. The van der Waals surface area contributed by atoms with E-state index in [0.717, 1.165) is 12.1 Å². The number of nitrogens with zero attached hydrogens (tertiary/aromatic N) is 1. The summed E-state index contributed by atoms with van der Waals surface area (Å²) in [4.78, 5) is 37.4. The molecule has 2 heterocycles. The molecule has 0 spiro atoms. The van der Waals surface area contributed by atoms with Gasteiger partial charge in [0.05, 0.1) is 11.3 Å². The van der Waals surface area contributed by atoms with Crippen LogP contribution in [0.1, 0.15) is 28.8 Å². The first-order valence-electron chi connectivity index (χ1n) is 7.59. The normalized spacial score (nSPS) is 20.4. The Labute approximate surface area is 139 Å². The largest absolute Gasteiger partial charge is 0.417 e. The zero-order chi connectivity index (χ0) is 17.9. The number of imide groups is 1. The van der Waals surface area contributed by atoms with Crippen LogP contribution in [-0.2, 0) is 15.8 Å². The van der Waals surface area contributed by atoms with Crippen molar-refractivity contribution in [3.8, 4) is 0 Å². The Morgan fingerprint density at radius 1 is 1.08 bits per heavy atom. The van der Waals surface area contributed by atoms with E-state index in [2.05, 4.69) is 5.32 Å². The molecule has 1 atom stereocenters. The van der Waals surface area contributed by atoms with E-state index in [-0.39, 0.29) is 34.9 Å². The van der Waals surface area contributed by atoms with Crippen molar-refractivity contribution in [2.45, 2.75) is 25.1 Å². The van der Waals surface area contributed by atoms with Crippen LogP contribution >= 0.6 is 0 Å². The summed E-state index contributed by atoms with van der Waals surface area (Å²) in [5, 5.41) is 2.28. The average molecular weight is 348 g/mol. The van der Waals surface area contributed by atoms with Gasteiger partial charge in [0, 0.05) is 17.4 Å². The van der Waals surface area contributed by atoms with Crippen LogP contribution in [0.25, 0.3) is 10.8 Å². The van der Waals surface area contributed by atoms with E-state index in [1.165, 1.54) is 23.1 Å². The summed E-state index contributed by atoms with van der Waals surface area (Å²) >= 11 is 0. The lowest BCUT2D eigenvalue weighted by Crippen LogP contribution is -2.53. The van der Waals surface area contributed by atoms with Crippen LogP contribution < -0.4 is 10.2 Å². The number of carbonyl (C=O) groups is 3. The summed E-state index contributed by atoms with van der Waals surface area (Å²) in [6.07, 6.45) is -4.35. The molecule has 0 aromatic heterocycles. The number of hydrogen-bond acceptors (Lipinski definition) is 3. The SMILES string of the molecule is O=C1CCC(N2C(=O)c3ccc(C(F)(F)F)c4cccc2c34)C(=O)N1. The number of alkyl halides is 3. The minimum absolute atomic E-state index is 0.0698. The smallest absolute Gasteiger partial charge is 0.295 e. The maximum Gasteiger partial charge on any atom is 0.417 e. The molecule has 2 aliphatic heterocycles. The Bertz CT molecular complexity index is 952. The van der Waals surface area contributed by atoms with Crippen LogP contribution in [0.3, 0.4) is 0 Å². The standard InChI is InChI=1S/C17H11F3N2O3/c18-17(19,20)10-5-4-9-14-8(10)2-1-3-11(14)22(16(9)25)12-6-7-13(23)21-15(12)24/h1-5,12H,6-7H2,(H,21,23,24). The number of rotatable bonds is 1. The van der Waals surface area contributed by atoms with Crippen LogP contribution in [0, 0.1) is 0 Å². The lowest BCUT2D eigenvalue weighted by atomic mass is 10.00. The highest BCUT2D eigenvalue weighted by Gasteiger charge is 2.42. The van der Waals surface area contributed by atoms with Crippen molar-refractivity contribution in [2.24, 2.45) is 0 Å². The Kier molecular flexibility index (Phi) is 3.15. The van der Waals surface area contributed by atoms with Gasteiger partial charge in [-0.3, -0.25) is 24.6 Å². The number of piperidine rings is 1. The maximum absolute atomic E-state index is 13.3. The highest BCUT2D eigenvalue weighted by Crippen LogP contribution is 2.44. The van der Waals surface area contributed by atoms with E-state index >= 15 is 0 Å². The first-order valence-corrected chi connectivity index (χ1v) is 7.59. The molecule has 2 aromatic rings. The van der Waals surface area contributed by atoms with Gasteiger partial charge in [-0.15, -0.1) is 0 Å². The van der Waals surface area contributed by atoms with Crippen molar-refractivity contribution in [1.29, 1.82) is 0 Å². The molecule has 2 aromatic carbocycles. The number of hydrogen-bond donors (Lipinski definition) is 1. The van der Waals surface area contributed by atoms with Gasteiger partial charge in [-0.1, -0.05) is 12.1 Å². The van der Waals surface area contributed by atoms with Gasteiger partial charge >= 0.3 is 6.18 Å². The highest BCUT2D eigenvalue weighted by molar-refractivity contribution is 6.27. The van der Waals surface area contributed by atoms with Crippen molar-refractivity contribution >= 4 is 34.2 Å². The van der Waals surface area contributed by atoms with Gasteiger partial charge in [0.15, 0.2) is 0 Å². The van der Waals surface area contributed by atoms with Gasteiger partial charge in [0.1, 0.15) is 6.04 Å². The second-order valence-corrected chi connectivity index (χ2v) is 6.00. The van der Waals surface area contributed by atoms with E-state index in [4.69, 9.17) is 0 Å². The molecule has 0 radical (unpaired) electrons. The summed E-state index contributed by atoms with van der Waals surface area (Å²) in [6, 6.07) is 5.36. The third-order valence-electron chi connectivity index (χ3n) is 4.55. The van der Waals surface area contributed by atoms with Gasteiger partial charge in [0.25, 0.3) is 5.91 Å². The second-order valence-electron chi connectivity index (χ2n) is 6.00. The van der Waals surface area contributed by atoms with E-state index < -0.39 is 35.5 Å². The lowest BCUT2D eigenvalue weighted by Gasteiger charge is -2.30. The van der Waals surface area contributed by atoms with Crippen LogP contribution in [-0.4, -0.2) is 23.8 Å². The van der Waals surface area contributed by atoms with Crippen LogP contribution in [0.5, 0.6) is 0 Å². The Balaban J connectivity index is 1.90. The fraction of sp³-hybridized carbons (Fsp3) is 0.235. The molecule has 4 rings (SSSR count). The second kappa shape index (κ2) is 5.05. The first-order chi connectivity index (χ1) is 11.8. The van der Waals surface area contributed by atoms with E-state index in [1.54, 1.807) is 0 Å². The fourth-order valence-corrected chi connectivity index (χ4v) is 3.49. The van der Waals surface area contributed by atoms with Crippen molar-refractivity contribution in [2.75, 3.05) is 4.90 Å². The topological polar surface area (TPSA) is 66.5 Å². The number of benzene rings is 2. The van der Waals surface area contributed by atoms with Crippen LogP contribution in [0.4, 0.5) is 18.9 Å². The molecule has 0 saturated carbocycles. The Morgan fingerprint density at radius 2 is 1.84 bits per heavy atom. The summed E-state index contributed by atoms with van der Waals surface area (Å²) in [6.45, 7) is 0. The molecule has 0 aliphatic carbocycles. The summed E-state index contributed by atoms with van der Waals surface area (Å²) in [7, 11) is 0. The minimum atomic E-state index is -4.55. The molecule has 1 N–H and O–H groups in total. The van der Waals surface area contributed by atoms with Gasteiger partial charge in [-0.2, -0.15) is 13.2 Å². The highest BCUT2D eigenvalue weighted by atomic mass is 19.4. The van der Waals surface area contributed by atoms with Gasteiger partial charge in [-0.25, -0.2) is 0 Å². The molecule has 128 valence electrons. The molecular formula is C17H11F3N2O3. The number of nitrogens with one attached hydrogen (secondary N) is 1. The van der Waals surface area contributed by atoms with E-state index in [9.17, 15) is 27.6 Å². The molecule has 1 fully saturated rings. The molecule has 2 aliphatic rings. The summed E-state index contributed by atoms with van der Waals surface area (Å²) in [5.41, 5.74) is -0.438. The van der Waals surface area contributed by atoms with Crippen LogP contribution in [0.2, 0.25) is 0 Å². The van der Waals surface area contributed by atoms with Crippen molar-refractivity contribution < 1.29 is 27.6 Å². The van der Waals surface area contributed by atoms with Crippen molar-refractivity contribution in [3.63, 3.8) is 0 Å². The number of carbonyl (C=O) groups excluding carboxylic acids is 3. The fourth-order valence-electron chi connectivity index (χ4n) is 3.49. The quantitative estimate of drug-likeness (QED) is 0.806. The zero-order valence-corrected chi connectivity index (χ0v) is 12.7. The first kappa shape index (κ1) is 15.6. The monoisotopic (exact) mass is 348 g/mol. The molecular weight excluding hydrogens is 337 g/mol. The third kappa shape index (κ3) is 2.20. The molecule has 3 amide bonds. The van der Waals surface area contributed by atoms with Crippen molar-refractivity contribution in [1.82, 2.24) is 5.32 Å². The number of halogens is 3. The average Bonchev–Trinajstić information content (AvgIpc) is 2.82. The molecule has 0 bridgehead atoms. The molecule has 1 saturated heterocycles. The maximum atomic E-state index is 13.3. The van der Waals surface area contributed by atoms with E-state index in [1.807, 2.05) is 0 Å². The predicted octanol–water partition coefficient (Wildman–Crippen LogP) is 2.62. The Hall–Kier alpha value is -2.90. The predicted molar refractivity (Wildman–Crippen MR) is 81.9 cm³/mol. The molecule has 5 nitrogen and oxygen atoms in total. The van der Waals surface area contributed by atoms with Crippen molar-refractivity contribution in [3.05, 3.63) is 41.5 Å². The number of amides is 3. The molecule has 1 unspecified atom stereocenters. The minimum Gasteiger partial charge on any atom is -0.295 e. The summed E-state index contributed by atoms with van der Waals surface area (Å²) < 4.78 is 39.8. The molecule has 25 heavy (non-hydrogen) atoms. The summed E-state index contributed by atoms with van der Waals surface area (Å²) in [5.74, 6) is -1.58. The number of anilines is 1. The Morgan fingerprint density at radius 3 is 2.52 bits per heavy atom. The van der Waals surface area contributed by atoms with E-state index in [0.29, 0.717) is 0 Å². The van der Waals surface area contributed by atoms with Crippen LogP contribution in [0.15, 0.2) is 30.3 Å². The lowest BCUT2D eigenvalue weighted by molar-refractivity contribution is -0.136. The van der Waals surface area contributed by atoms with Gasteiger partial charge < -0.3 is 0 Å². The third-order valence-corrected chi connectivity index (χ3v) is 4.55.